The number of carbonyl (C=O) groups is 2. The number of benzene rings is 1. The summed E-state index contributed by atoms with van der Waals surface area (Å²) in [5.41, 5.74) is 2.36. The van der Waals surface area contributed by atoms with Crippen LogP contribution in [0.5, 0.6) is 0 Å². The minimum absolute atomic E-state index is 0.185. The Morgan fingerprint density at radius 2 is 1.95 bits per heavy atom. The predicted molar refractivity (Wildman–Crippen MR) is 81.7 cm³/mol. The van der Waals surface area contributed by atoms with E-state index in [1.807, 2.05) is 0 Å². The summed E-state index contributed by atoms with van der Waals surface area (Å²) >= 11 is 0. The minimum atomic E-state index is -0.264. The lowest BCUT2D eigenvalue weighted by Crippen LogP contribution is -2.13. The van der Waals surface area contributed by atoms with Gasteiger partial charge in [0.15, 0.2) is 5.65 Å². The van der Waals surface area contributed by atoms with Crippen LogP contribution in [0, 0.1) is 0 Å². The molecule has 2 aromatic heterocycles. The number of nitrogens with zero attached hydrogens (tertiary/aromatic N) is 3. The van der Waals surface area contributed by atoms with E-state index in [9.17, 15) is 9.59 Å². The highest BCUT2D eigenvalue weighted by Crippen LogP contribution is 2.14. The highest BCUT2D eigenvalue weighted by atomic mass is 16.2. The van der Waals surface area contributed by atoms with E-state index >= 15 is 0 Å². The summed E-state index contributed by atoms with van der Waals surface area (Å²) in [6.45, 7) is 1.42. The van der Waals surface area contributed by atoms with Gasteiger partial charge in [0.2, 0.25) is 5.91 Å². The van der Waals surface area contributed by atoms with Crippen LogP contribution in [-0.2, 0) is 4.79 Å². The van der Waals surface area contributed by atoms with E-state index in [-0.39, 0.29) is 11.8 Å². The fraction of sp³-hybridized carbons (Fsp3) is 0.0667. The maximum Gasteiger partial charge on any atom is 0.255 e. The zero-order valence-corrected chi connectivity index (χ0v) is 11.8. The molecule has 0 fully saturated rings. The second kappa shape index (κ2) is 5.65. The Labute approximate surface area is 126 Å². The molecule has 0 aliphatic heterocycles. The van der Waals surface area contributed by atoms with Crippen LogP contribution in [0.4, 0.5) is 11.4 Å². The molecule has 0 radical (unpaired) electrons. The average molecular weight is 295 g/mol. The van der Waals surface area contributed by atoms with Gasteiger partial charge in [-0.2, -0.15) is 0 Å². The highest BCUT2D eigenvalue weighted by molar-refractivity contribution is 6.05. The maximum atomic E-state index is 12.3. The smallest absolute Gasteiger partial charge is 0.255 e. The van der Waals surface area contributed by atoms with E-state index in [1.165, 1.54) is 6.92 Å². The van der Waals surface area contributed by atoms with Crippen molar-refractivity contribution in [3.8, 4) is 0 Å². The Bertz CT molecular complexity index is 856. The van der Waals surface area contributed by atoms with Crippen LogP contribution in [0.25, 0.3) is 5.65 Å². The molecular formula is C15H13N5O2. The molecule has 0 atom stereocenters. The van der Waals surface area contributed by atoms with Crippen LogP contribution in [0.3, 0.4) is 0 Å². The third-order valence-corrected chi connectivity index (χ3v) is 2.99. The zero-order valence-electron chi connectivity index (χ0n) is 11.8. The number of fused-ring (bicyclic) bond motifs is 1. The van der Waals surface area contributed by atoms with Crippen molar-refractivity contribution < 1.29 is 9.59 Å². The predicted octanol–water partition coefficient (Wildman–Crippen LogP) is 1.94. The molecule has 7 nitrogen and oxygen atoms in total. The first-order valence-electron chi connectivity index (χ1n) is 6.60. The maximum absolute atomic E-state index is 12.3. The first kappa shape index (κ1) is 13.7. The van der Waals surface area contributed by atoms with Gasteiger partial charge >= 0.3 is 0 Å². The molecule has 0 saturated carbocycles. The van der Waals surface area contributed by atoms with Crippen molar-refractivity contribution in [3.05, 3.63) is 54.5 Å². The Kier molecular flexibility index (Phi) is 3.53. The van der Waals surface area contributed by atoms with Crippen molar-refractivity contribution in [3.63, 3.8) is 0 Å². The number of pyridine rings is 1. The van der Waals surface area contributed by atoms with Crippen molar-refractivity contribution in [2.75, 3.05) is 10.6 Å². The standard InChI is InChI=1S/C15H13N5O2/c1-10(21)17-12-4-2-3-11(7-12)15(22)18-13-5-6-14-19-16-9-20(14)8-13/h2-9H,1H3,(H,17,21)(H,18,22). The molecule has 0 aliphatic rings. The molecule has 2 amide bonds. The van der Waals surface area contributed by atoms with Gasteiger partial charge in [0, 0.05) is 24.4 Å². The lowest BCUT2D eigenvalue weighted by atomic mass is 10.2. The van der Waals surface area contributed by atoms with E-state index in [4.69, 9.17) is 0 Å². The summed E-state index contributed by atoms with van der Waals surface area (Å²) in [6, 6.07) is 10.2. The molecule has 0 aliphatic carbocycles. The second-order valence-corrected chi connectivity index (χ2v) is 4.73. The summed E-state index contributed by atoms with van der Waals surface area (Å²) < 4.78 is 1.71. The minimum Gasteiger partial charge on any atom is -0.326 e. The summed E-state index contributed by atoms with van der Waals surface area (Å²) in [5, 5.41) is 13.1. The van der Waals surface area contributed by atoms with Gasteiger partial charge in [0.25, 0.3) is 5.91 Å². The van der Waals surface area contributed by atoms with Gasteiger partial charge in [-0.25, -0.2) is 0 Å². The largest absolute Gasteiger partial charge is 0.326 e. The van der Waals surface area contributed by atoms with Crippen molar-refractivity contribution in [2.24, 2.45) is 0 Å². The topological polar surface area (TPSA) is 88.4 Å². The molecule has 3 aromatic rings. The van der Waals surface area contributed by atoms with Gasteiger partial charge < -0.3 is 10.6 Å². The molecule has 0 saturated heterocycles. The van der Waals surface area contributed by atoms with Gasteiger partial charge in [-0.1, -0.05) is 6.07 Å². The molecule has 0 unspecified atom stereocenters. The van der Waals surface area contributed by atoms with Crippen molar-refractivity contribution in [1.82, 2.24) is 14.6 Å². The lowest BCUT2D eigenvalue weighted by Gasteiger charge is -2.07. The monoisotopic (exact) mass is 295 g/mol. The van der Waals surface area contributed by atoms with Gasteiger partial charge in [-0.15, -0.1) is 10.2 Å². The number of rotatable bonds is 3. The molecule has 2 N–H and O–H groups in total. The highest BCUT2D eigenvalue weighted by Gasteiger charge is 2.08. The van der Waals surface area contributed by atoms with Crippen molar-refractivity contribution in [1.29, 1.82) is 0 Å². The van der Waals surface area contributed by atoms with Crippen LogP contribution in [0.15, 0.2) is 48.9 Å². The number of nitrogens with one attached hydrogen (secondary N) is 2. The van der Waals surface area contributed by atoms with Crippen LogP contribution >= 0.6 is 0 Å². The quantitative estimate of drug-likeness (QED) is 0.773. The average Bonchev–Trinajstić information content (AvgIpc) is 2.94. The summed E-state index contributed by atoms with van der Waals surface area (Å²) in [7, 11) is 0. The third kappa shape index (κ3) is 2.93. The molecule has 1 aromatic carbocycles. The van der Waals surface area contributed by atoms with Crippen LogP contribution < -0.4 is 10.6 Å². The molecular weight excluding hydrogens is 282 g/mol. The number of hydrogen-bond donors (Lipinski definition) is 2. The third-order valence-electron chi connectivity index (χ3n) is 2.99. The molecule has 22 heavy (non-hydrogen) atoms. The zero-order chi connectivity index (χ0) is 15.5. The second-order valence-electron chi connectivity index (χ2n) is 4.73. The SMILES string of the molecule is CC(=O)Nc1cccc(C(=O)Nc2ccc3nncn3c2)c1. The van der Waals surface area contributed by atoms with E-state index in [2.05, 4.69) is 20.8 Å². The van der Waals surface area contributed by atoms with Crippen molar-refractivity contribution in [2.45, 2.75) is 6.92 Å². The summed E-state index contributed by atoms with van der Waals surface area (Å²) in [4.78, 5) is 23.3. The molecule has 2 heterocycles. The number of amides is 2. The Hall–Kier alpha value is -3.22. The van der Waals surface area contributed by atoms with E-state index in [0.29, 0.717) is 22.6 Å². The number of aromatic nitrogens is 3. The number of anilines is 2. The first-order chi connectivity index (χ1) is 10.6. The van der Waals surface area contributed by atoms with Crippen molar-refractivity contribution >= 4 is 28.8 Å². The molecule has 7 heteroatoms. The normalized spacial score (nSPS) is 10.4. The van der Waals surface area contributed by atoms with Gasteiger partial charge in [0.05, 0.1) is 5.69 Å². The fourth-order valence-electron chi connectivity index (χ4n) is 2.05. The van der Waals surface area contributed by atoms with Crippen LogP contribution in [0.1, 0.15) is 17.3 Å². The molecule has 110 valence electrons. The Morgan fingerprint density at radius 3 is 2.77 bits per heavy atom. The lowest BCUT2D eigenvalue weighted by molar-refractivity contribution is -0.114. The Morgan fingerprint density at radius 1 is 1.09 bits per heavy atom. The van der Waals surface area contributed by atoms with E-state index in [1.54, 1.807) is 53.3 Å². The Balaban J connectivity index is 1.80. The number of hydrogen-bond acceptors (Lipinski definition) is 4. The number of carbonyl (C=O) groups excluding carboxylic acids is 2. The molecule has 0 bridgehead atoms. The first-order valence-corrected chi connectivity index (χ1v) is 6.60. The fourth-order valence-corrected chi connectivity index (χ4v) is 2.05. The van der Waals surface area contributed by atoms with Gasteiger partial charge in [-0.3, -0.25) is 14.0 Å². The van der Waals surface area contributed by atoms with Crippen LogP contribution in [-0.4, -0.2) is 26.4 Å². The molecule has 0 spiro atoms. The van der Waals surface area contributed by atoms with E-state index in [0.717, 1.165) is 0 Å². The molecule has 3 rings (SSSR count). The van der Waals surface area contributed by atoms with Gasteiger partial charge in [0.1, 0.15) is 6.33 Å². The summed E-state index contributed by atoms with van der Waals surface area (Å²) in [5.74, 6) is -0.449. The van der Waals surface area contributed by atoms with Gasteiger partial charge in [-0.05, 0) is 30.3 Å². The van der Waals surface area contributed by atoms with E-state index < -0.39 is 0 Å². The van der Waals surface area contributed by atoms with Crippen LogP contribution in [0.2, 0.25) is 0 Å². The summed E-state index contributed by atoms with van der Waals surface area (Å²) in [6.07, 6.45) is 3.29.